The van der Waals surface area contributed by atoms with E-state index in [1.54, 1.807) is 17.1 Å². The van der Waals surface area contributed by atoms with E-state index in [1.807, 2.05) is 19.2 Å². The first-order valence-electron chi connectivity index (χ1n) is 11.1. The van der Waals surface area contributed by atoms with Gasteiger partial charge >= 0.3 is 0 Å². The molecule has 2 aliphatic heterocycles. The van der Waals surface area contributed by atoms with Crippen molar-refractivity contribution < 1.29 is 9.90 Å². The topological polar surface area (TPSA) is 87.4 Å². The lowest BCUT2D eigenvalue weighted by atomic mass is 9.78. The first-order valence-corrected chi connectivity index (χ1v) is 11.1. The average Bonchev–Trinajstić information content (AvgIpc) is 3.33. The van der Waals surface area contributed by atoms with Gasteiger partial charge in [-0.15, -0.1) is 0 Å². The number of nitrogens with zero attached hydrogens (tertiary/aromatic N) is 6. The van der Waals surface area contributed by atoms with E-state index in [4.69, 9.17) is 0 Å². The van der Waals surface area contributed by atoms with Crippen LogP contribution in [0.5, 0.6) is 0 Å². The molecule has 0 radical (unpaired) electrons. The van der Waals surface area contributed by atoms with Crippen LogP contribution < -0.4 is 4.90 Å². The summed E-state index contributed by atoms with van der Waals surface area (Å²) in [6.07, 6.45) is 11.6. The van der Waals surface area contributed by atoms with Crippen LogP contribution in [0.1, 0.15) is 50.6 Å². The Morgan fingerprint density at radius 1 is 1.10 bits per heavy atom. The number of hydrogen-bond acceptors (Lipinski definition) is 6. The maximum atomic E-state index is 13.5. The van der Waals surface area contributed by atoms with Crippen molar-refractivity contribution in [2.45, 2.75) is 64.0 Å². The molecule has 1 N–H and O–H groups in total. The SMILES string of the molecule is Cc1ccn(-c2cnc(N3CCC[C@@]4(CCN([C@H]5CC[C@@H](O)CC5)C4=O)C3)nc2)n1. The van der Waals surface area contributed by atoms with Gasteiger partial charge in [-0.05, 0) is 57.9 Å². The number of anilines is 1. The van der Waals surface area contributed by atoms with Crippen LogP contribution in [0.3, 0.4) is 0 Å². The third-order valence-corrected chi connectivity index (χ3v) is 7.12. The van der Waals surface area contributed by atoms with Gasteiger partial charge in [0.05, 0.1) is 29.6 Å². The van der Waals surface area contributed by atoms with Crippen molar-refractivity contribution in [3.63, 3.8) is 0 Å². The molecule has 4 heterocycles. The largest absolute Gasteiger partial charge is 0.393 e. The number of rotatable bonds is 3. The summed E-state index contributed by atoms with van der Waals surface area (Å²) in [6, 6.07) is 2.25. The molecule has 5 rings (SSSR count). The molecule has 2 aromatic rings. The summed E-state index contributed by atoms with van der Waals surface area (Å²) in [6.45, 7) is 4.37. The zero-order valence-corrected chi connectivity index (χ0v) is 17.6. The Kier molecular flexibility index (Phi) is 4.97. The zero-order valence-electron chi connectivity index (χ0n) is 17.6. The second-order valence-electron chi connectivity index (χ2n) is 9.16. The van der Waals surface area contributed by atoms with E-state index in [0.717, 1.165) is 69.4 Å². The molecule has 1 spiro atoms. The molecular formula is C22H30N6O2. The predicted molar refractivity (Wildman–Crippen MR) is 112 cm³/mol. The summed E-state index contributed by atoms with van der Waals surface area (Å²) >= 11 is 0. The summed E-state index contributed by atoms with van der Waals surface area (Å²) in [7, 11) is 0. The fourth-order valence-corrected chi connectivity index (χ4v) is 5.40. The molecule has 1 atom stereocenters. The van der Waals surface area contributed by atoms with Crippen molar-refractivity contribution in [1.29, 1.82) is 0 Å². The fraction of sp³-hybridized carbons (Fsp3) is 0.636. The molecule has 160 valence electrons. The maximum Gasteiger partial charge on any atom is 0.230 e. The van der Waals surface area contributed by atoms with E-state index in [1.165, 1.54) is 0 Å². The van der Waals surface area contributed by atoms with Crippen molar-refractivity contribution >= 4 is 11.9 Å². The number of carbonyl (C=O) groups is 1. The van der Waals surface area contributed by atoms with Gasteiger partial charge in [-0.1, -0.05) is 0 Å². The molecule has 2 aromatic heterocycles. The first kappa shape index (κ1) is 19.5. The Balaban J connectivity index is 1.29. The Bertz CT molecular complexity index is 905. The van der Waals surface area contributed by atoms with Crippen molar-refractivity contribution in [1.82, 2.24) is 24.6 Å². The lowest BCUT2D eigenvalue weighted by Gasteiger charge is -2.40. The third kappa shape index (κ3) is 3.47. The second-order valence-corrected chi connectivity index (χ2v) is 9.16. The lowest BCUT2D eigenvalue weighted by molar-refractivity contribution is -0.139. The molecule has 8 heteroatoms. The summed E-state index contributed by atoms with van der Waals surface area (Å²) in [5, 5.41) is 14.2. The molecular weight excluding hydrogens is 380 g/mol. The summed E-state index contributed by atoms with van der Waals surface area (Å²) in [4.78, 5) is 26.9. The van der Waals surface area contributed by atoms with Gasteiger partial charge in [0.25, 0.3) is 0 Å². The van der Waals surface area contributed by atoms with Crippen LogP contribution in [0.4, 0.5) is 5.95 Å². The smallest absolute Gasteiger partial charge is 0.230 e. The van der Waals surface area contributed by atoms with E-state index < -0.39 is 0 Å². The highest BCUT2D eigenvalue weighted by Gasteiger charge is 2.50. The van der Waals surface area contributed by atoms with Gasteiger partial charge in [0.1, 0.15) is 5.69 Å². The molecule has 1 saturated carbocycles. The Morgan fingerprint density at radius 3 is 2.57 bits per heavy atom. The second kappa shape index (κ2) is 7.65. The first-order chi connectivity index (χ1) is 14.5. The molecule has 3 aliphatic rings. The number of aromatic nitrogens is 4. The zero-order chi connectivity index (χ0) is 20.7. The van der Waals surface area contributed by atoms with Crippen LogP contribution in [0.15, 0.2) is 24.7 Å². The number of hydrogen-bond donors (Lipinski definition) is 1. The van der Waals surface area contributed by atoms with Crippen molar-refractivity contribution in [2.24, 2.45) is 5.41 Å². The van der Waals surface area contributed by atoms with Crippen LogP contribution in [-0.4, -0.2) is 67.4 Å². The van der Waals surface area contributed by atoms with Crippen LogP contribution in [0, 0.1) is 12.3 Å². The lowest BCUT2D eigenvalue weighted by Crippen LogP contribution is -2.50. The molecule has 3 fully saturated rings. The Labute approximate surface area is 176 Å². The molecule has 1 amide bonds. The number of aliphatic hydroxyl groups is 1. The molecule has 0 aromatic carbocycles. The molecule has 0 bridgehead atoms. The number of piperidine rings is 1. The highest BCUT2D eigenvalue weighted by atomic mass is 16.3. The minimum atomic E-state index is -0.310. The van der Waals surface area contributed by atoms with Crippen LogP contribution >= 0.6 is 0 Å². The number of likely N-dealkylation sites (tertiary alicyclic amines) is 1. The molecule has 2 saturated heterocycles. The van der Waals surface area contributed by atoms with Crippen LogP contribution in [0.25, 0.3) is 5.69 Å². The molecule has 30 heavy (non-hydrogen) atoms. The van der Waals surface area contributed by atoms with Crippen molar-refractivity contribution in [2.75, 3.05) is 24.5 Å². The number of aliphatic hydroxyl groups excluding tert-OH is 1. The predicted octanol–water partition coefficient (Wildman–Crippen LogP) is 2.09. The van der Waals surface area contributed by atoms with Gasteiger partial charge < -0.3 is 14.9 Å². The van der Waals surface area contributed by atoms with Crippen molar-refractivity contribution in [3.8, 4) is 5.69 Å². The third-order valence-electron chi connectivity index (χ3n) is 7.12. The van der Waals surface area contributed by atoms with Crippen molar-refractivity contribution in [3.05, 3.63) is 30.4 Å². The van der Waals surface area contributed by atoms with E-state index >= 15 is 0 Å². The van der Waals surface area contributed by atoms with E-state index in [9.17, 15) is 9.90 Å². The van der Waals surface area contributed by atoms with Gasteiger partial charge in [-0.3, -0.25) is 4.79 Å². The van der Waals surface area contributed by atoms with Crippen LogP contribution in [-0.2, 0) is 4.79 Å². The normalized spacial score (nSPS) is 29.7. The Morgan fingerprint density at radius 2 is 1.87 bits per heavy atom. The standard InChI is InChI=1S/C22H30N6O2/c1-16-7-11-28(25-16)18-13-23-21(24-14-18)26-10-2-8-22(15-26)9-12-27(20(22)30)17-3-5-19(29)6-4-17/h7,11,13-14,17,19,29H,2-6,8-10,12,15H2,1H3/t17-,19+,22-/m1/s1. The van der Waals surface area contributed by atoms with Gasteiger partial charge in [-0.25, -0.2) is 14.6 Å². The fourth-order valence-electron chi connectivity index (χ4n) is 5.40. The van der Waals surface area contributed by atoms with Crippen LogP contribution in [0.2, 0.25) is 0 Å². The van der Waals surface area contributed by atoms with Gasteiger partial charge in [-0.2, -0.15) is 5.10 Å². The maximum absolute atomic E-state index is 13.5. The van der Waals surface area contributed by atoms with Gasteiger partial charge in [0.2, 0.25) is 11.9 Å². The summed E-state index contributed by atoms with van der Waals surface area (Å²) in [5.41, 5.74) is 1.48. The number of aryl methyl sites for hydroxylation is 1. The highest BCUT2D eigenvalue weighted by Crippen LogP contribution is 2.43. The summed E-state index contributed by atoms with van der Waals surface area (Å²) in [5.74, 6) is 0.992. The Hall–Kier alpha value is -2.48. The van der Waals surface area contributed by atoms with E-state index in [2.05, 4.69) is 24.9 Å². The quantitative estimate of drug-likeness (QED) is 0.834. The van der Waals surface area contributed by atoms with E-state index in [0.29, 0.717) is 24.4 Å². The molecule has 1 aliphatic carbocycles. The van der Waals surface area contributed by atoms with E-state index in [-0.39, 0.29) is 11.5 Å². The number of amides is 1. The minimum absolute atomic E-state index is 0.191. The van der Waals surface area contributed by atoms with Gasteiger partial charge in [0, 0.05) is 31.9 Å². The number of carbonyl (C=O) groups excluding carboxylic acids is 1. The molecule has 8 nitrogen and oxygen atoms in total. The highest BCUT2D eigenvalue weighted by molar-refractivity contribution is 5.86. The monoisotopic (exact) mass is 410 g/mol. The molecule has 0 unspecified atom stereocenters. The van der Waals surface area contributed by atoms with Gasteiger partial charge in [0.15, 0.2) is 0 Å². The summed E-state index contributed by atoms with van der Waals surface area (Å²) < 4.78 is 1.77. The minimum Gasteiger partial charge on any atom is -0.393 e. The average molecular weight is 411 g/mol.